The van der Waals surface area contributed by atoms with Gasteiger partial charge >= 0.3 is 0 Å². The molecule has 15 heavy (non-hydrogen) atoms. The summed E-state index contributed by atoms with van der Waals surface area (Å²) < 4.78 is 5.27. The molecule has 1 rings (SSSR count). The lowest BCUT2D eigenvalue weighted by Gasteiger charge is -2.10. The zero-order valence-electron chi connectivity index (χ0n) is 9.53. The Morgan fingerprint density at radius 3 is 3.07 bits per heavy atom. The van der Waals surface area contributed by atoms with E-state index in [2.05, 4.69) is 17.2 Å². The van der Waals surface area contributed by atoms with Crippen molar-refractivity contribution in [2.24, 2.45) is 0 Å². The number of rotatable bonds is 8. The fourth-order valence-corrected chi connectivity index (χ4v) is 2.00. The largest absolute Gasteiger partial charge is 0.382 e. The van der Waals surface area contributed by atoms with E-state index in [0.717, 1.165) is 32.6 Å². The van der Waals surface area contributed by atoms with Crippen molar-refractivity contribution in [3.8, 4) is 0 Å². The van der Waals surface area contributed by atoms with E-state index in [1.807, 2.05) is 18.5 Å². The maximum atomic E-state index is 5.27. The zero-order chi connectivity index (χ0) is 10.9. The summed E-state index contributed by atoms with van der Waals surface area (Å²) in [5.41, 5.74) is 0. The Labute approximate surface area is 95.9 Å². The quantitative estimate of drug-likeness (QED) is 0.694. The van der Waals surface area contributed by atoms with E-state index in [4.69, 9.17) is 4.74 Å². The van der Waals surface area contributed by atoms with E-state index in [1.54, 1.807) is 11.3 Å². The Morgan fingerprint density at radius 1 is 1.53 bits per heavy atom. The van der Waals surface area contributed by atoms with E-state index < -0.39 is 0 Å². The van der Waals surface area contributed by atoms with Crippen LogP contribution in [0.3, 0.4) is 0 Å². The number of hydrogen-bond donors (Lipinski definition) is 1. The molecular formula is C11H20N2OS. The Kier molecular flexibility index (Phi) is 6.55. The van der Waals surface area contributed by atoms with Crippen LogP contribution in [0.25, 0.3) is 0 Å². The SMILES string of the molecule is CCOCCCCNC(C)c1nccs1. The summed E-state index contributed by atoms with van der Waals surface area (Å²) in [5, 5.41) is 6.64. The third kappa shape index (κ3) is 5.25. The predicted molar refractivity (Wildman–Crippen MR) is 64.3 cm³/mol. The molecule has 0 aromatic carbocycles. The molecule has 0 aliphatic rings. The molecule has 0 fully saturated rings. The second kappa shape index (κ2) is 7.79. The predicted octanol–water partition coefficient (Wildman–Crippen LogP) is 2.61. The highest BCUT2D eigenvalue weighted by atomic mass is 32.1. The molecule has 1 aromatic rings. The molecule has 0 amide bonds. The number of nitrogens with zero attached hydrogens (tertiary/aromatic N) is 1. The summed E-state index contributed by atoms with van der Waals surface area (Å²) >= 11 is 1.70. The summed E-state index contributed by atoms with van der Waals surface area (Å²) in [6, 6.07) is 0.372. The molecule has 0 radical (unpaired) electrons. The topological polar surface area (TPSA) is 34.1 Å². The molecule has 4 heteroatoms. The van der Waals surface area contributed by atoms with Crippen molar-refractivity contribution in [3.63, 3.8) is 0 Å². The molecule has 0 saturated carbocycles. The smallest absolute Gasteiger partial charge is 0.109 e. The van der Waals surface area contributed by atoms with E-state index in [1.165, 1.54) is 5.01 Å². The van der Waals surface area contributed by atoms with Gasteiger partial charge in [0.2, 0.25) is 0 Å². The van der Waals surface area contributed by atoms with Gasteiger partial charge in [-0.05, 0) is 33.2 Å². The minimum absolute atomic E-state index is 0.372. The molecule has 1 aromatic heterocycles. The zero-order valence-corrected chi connectivity index (χ0v) is 10.3. The highest BCUT2D eigenvalue weighted by Gasteiger charge is 2.05. The molecule has 3 nitrogen and oxygen atoms in total. The maximum Gasteiger partial charge on any atom is 0.109 e. The van der Waals surface area contributed by atoms with Gasteiger partial charge in [0.1, 0.15) is 5.01 Å². The summed E-state index contributed by atoms with van der Waals surface area (Å²) in [6.45, 7) is 6.92. The third-order valence-corrected chi connectivity index (χ3v) is 3.15. The molecule has 1 unspecified atom stereocenters. The lowest BCUT2D eigenvalue weighted by molar-refractivity contribution is 0.143. The first-order chi connectivity index (χ1) is 7.34. The lowest BCUT2D eigenvalue weighted by atomic mass is 10.3. The third-order valence-electron chi connectivity index (χ3n) is 2.19. The van der Waals surface area contributed by atoms with Crippen molar-refractivity contribution in [3.05, 3.63) is 16.6 Å². The Bertz CT molecular complexity index is 239. The van der Waals surface area contributed by atoms with Gasteiger partial charge in [-0.3, -0.25) is 0 Å². The molecule has 86 valence electrons. The highest BCUT2D eigenvalue weighted by molar-refractivity contribution is 7.09. The van der Waals surface area contributed by atoms with Crippen LogP contribution in [-0.2, 0) is 4.74 Å². The van der Waals surface area contributed by atoms with Gasteiger partial charge in [0.15, 0.2) is 0 Å². The van der Waals surface area contributed by atoms with Crippen molar-refractivity contribution < 1.29 is 4.74 Å². The average molecular weight is 228 g/mol. The number of aromatic nitrogens is 1. The van der Waals surface area contributed by atoms with Crippen LogP contribution in [0.2, 0.25) is 0 Å². The first-order valence-electron chi connectivity index (χ1n) is 5.55. The standard InChI is InChI=1S/C11H20N2OS/c1-3-14-8-5-4-6-12-10(2)11-13-7-9-15-11/h7,9-10,12H,3-6,8H2,1-2H3. The fourth-order valence-electron chi connectivity index (χ4n) is 1.33. The van der Waals surface area contributed by atoms with Crippen LogP contribution in [0.4, 0.5) is 0 Å². The van der Waals surface area contributed by atoms with E-state index in [9.17, 15) is 0 Å². The minimum Gasteiger partial charge on any atom is -0.382 e. The summed E-state index contributed by atoms with van der Waals surface area (Å²) in [7, 11) is 0. The van der Waals surface area contributed by atoms with Gasteiger partial charge < -0.3 is 10.1 Å². The molecule has 1 heterocycles. The first-order valence-corrected chi connectivity index (χ1v) is 6.43. The molecular weight excluding hydrogens is 208 g/mol. The number of unbranched alkanes of at least 4 members (excludes halogenated alkanes) is 1. The normalized spacial score (nSPS) is 12.9. The van der Waals surface area contributed by atoms with Crippen molar-refractivity contribution in [2.45, 2.75) is 32.7 Å². The Morgan fingerprint density at radius 2 is 2.40 bits per heavy atom. The van der Waals surface area contributed by atoms with Crippen LogP contribution in [-0.4, -0.2) is 24.7 Å². The van der Waals surface area contributed by atoms with Crippen molar-refractivity contribution in [1.82, 2.24) is 10.3 Å². The number of hydrogen-bond acceptors (Lipinski definition) is 4. The van der Waals surface area contributed by atoms with Gasteiger partial charge in [0, 0.05) is 24.8 Å². The highest BCUT2D eigenvalue weighted by Crippen LogP contribution is 2.14. The minimum atomic E-state index is 0.372. The summed E-state index contributed by atoms with van der Waals surface area (Å²) in [5.74, 6) is 0. The second-order valence-corrected chi connectivity index (χ2v) is 4.38. The Balaban J connectivity index is 2.00. The molecule has 0 bridgehead atoms. The van der Waals surface area contributed by atoms with Gasteiger partial charge in [-0.1, -0.05) is 0 Å². The Hall–Kier alpha value is -0.450. The number of ether oxygens (including phenoxy) is 1. The van der Waals surface area contributed by atoms with Crippen LogP contribution in [0, 0.1) is 0 Å². The summed E-state index contributed by atoms with van der Waals surface area (Å²) in [4.78, 5) is 4.28. The van der Waals surface area contributed by atoms with Gasteiger partial charge in [-0.15, -0.1) is 11.3 Å². The van der Waals surface area contributed by atoms with Crippen molar-refractivity contribution >= 4 is 11.3 Å². The van der Waals surface area contributed by atoms with E-state index >= 15 is 0 Å². The first kappa shape index (κ1) is 12.6. The monoisotopic (exact) mass is 228 g/mol. The average Bonchev–Trinajstić information content (AvgIpc) is 2.76. The van der Waals surface area contributed by atoms with Crippen molar-refractivity contribution in [2.75, 3.05) is 19.8 Å². The molecule has 0 spiro atoms. The van der Waals surface area contributed by atoms with Crippen LogP contribution in [0.5, 0.6) is 0 Å². The van der Waals surface area contributed by atoms with E-state index in [0.29, 0.717) is 6.04 Å². The molecule has 1 atom stereocenters. The molecule has 0 saturated heterocycles. The van der Waals surface area contributed by atoms with Gasteiger partial charge in [0.25, 0.3) is 0 Å². The number of nitrogens with one attached hydrogen (secondary N) is 1. The van der Waals surface area contributed by atoms with Gasteiger partial charge in [-0.25, -0.2) is 4.98 Å². The van der Waals surface area contributed by atoms with E-state index in [-0.39, 0.29) is 0 Å². The molecule has 1 N–H and O–H groups in total. The maximum absolute atomic E-state index is 5.27. The fraction of sp³-hybridized carbons (Fsp3) is 0.727. The molecule has 0 aliphatic heterocycles. The van der Waals surface area contributed by atoms with Crippen LogP contribution in [0.15, 0.2) is 11.6 Å². The second-order valence-electron chi connectivity index (χ2n) is 3.45. The van der Waals surface area contributed by atoms with Gasteiger partial charge in [0.05, 0.1) is 6.04 Å². The number of thiazole rings is 1. The van der Waals surface area contributed by atoms with Crippen molar-refractivity contribution in [1.29, 1.82) is 0 Å². The lowest BCUT2D eigenvalue weighted by Crippen LogP contribution is -2.19. The van der Waals surface area contributed by atoms with Crippen LogP contribution >= 0.6 is 11.3 Å². The summed E-state index contributed by atoms with van der Waals surface area (Å²) in [6.07, 6.45) is 4.15. The molecule has 0 aliphatic carbocycles. The van der Waals surface area contributed by atoms with Crippen LogP contribution < -0.4 is 5.32 Å². The van der Waals surface area contributed by atoms with Crippen LogP contribution in [0.1, 0.15) is 37.7 Å². The van der Waals surface area contributed by atoms with Gasteiger partial charge in [-0.2, -0.15) is 0 Å².